The molecule has 0 spiro atoms. The number of rotatable bonds is 10. The van der Waals surface area contributed by atoms with E-state index >= 15 is 0 Å². The number of hydrogen-bond acceptors (Lipinski definition) is 3. The second-order valence-corrected chi connectivity index (χ2v) is 20.5. The number of fused-ring (bicyclic) bond motifs is 3. The van der Waals surface area contributed by atoms with Crippen molar-refractivity contribution in [3.63, 3.8) is 0 Å². The molecule has 0 radical (unpaired) electrons. The molecule has 2 heterocycles. The molecule has 0 N–H and O–H groups in total. The van der Waals surface area contributed by atoms with Gasteiger partial charge in [0.05, 0.1) is 0 Å². The molecule has 0 fully saturated rings. The van der Waals surface area contributed by atoms with E-state index in [1.54, 1.807) is 0 Å². The third kappa shape index (κ3) is 8.00. The van der Waals surface area contributed by atoms with Crippen LogP contribution in [0.15, 0.2) is 273 Å². The zero-order valence-electron chi connectivity index (χ0n) is 39.7. The van der Waals surface area contributed by atoms with Crippen LogP contribution in [0, 0.1) is 0 Å². The summed E-state index contributed by atoms with van der Waals surface area (Å²) in [6, 6.07) is 98.5. The van der Waals surface area contributed by atoms with Crippen molar-refractivity contribution < 1.29 is 0 Å². The molecule has 0 aliphatic carbocycles. The molecular weight excluding hydrogens is 950 g/mol. The van der Waals surface area contributed by atoms with Crippen LogP contribution in [0.4, 0.5) is 0 Å². The fraction of sp³-hybridized carbons (Fsp3) is 0. The number of benzene rings is 11. The van der Waals surface area contributed by atoms with Crippen molar-refractivity contribution in [3.05, 3.63) is 273 Å². The number of aromatic nitrogens is 3. The van der Waals surface area contributed by atoms with E-state index in [-0.39, 0.29) is 14.5 Å². The fourth-order valence-corrected chi connectivity index (χ4v) is 13.1. The van der Waals surface area contributed by atoms with Crippen molar-refractivity contribution in [3.8, 4) is 112 Å². The summed E-state index contributed by atoms with van der Waals surface area (Å²) < 4.78 is 2.73. The molecule has 0 aliphatic rings. The molecule has 4 heteroatoms. The van der Waals surface area contributed by atoms with Gasteiger partial charge in [0.25, 0.3) is 0 Å². The topological polar surface area (TPSA) is 38.7 Å². The van der Waals surface area contributed by atoms with Crippen LogP contribution in [-0.4, -0.2) is 29.9 Å². The molecule has 2 aromatic heterocycles. The Kier molecular flexibility index (Phi) is 11.6. The predicted molar refractivity (Wildman–Crippen MR) is 306 cm³/mol. The second-order valence-electron chi connectivity index (χ2n) is 18.2. The first kappa shape index (κ1) is 43.9. The molecule has 0 saturated carbocycles. The van der Waals surface area contributed by atoms with Crippen LogP contribution in [0.1, 0.15) is 0 Å². The Balaban J connectivity index is 1.26. The van der Waals surface area contributed by atoms with Gasteiger partial charge in [0.15, 0.2) is 0 Å². The van der Waals surface area contributed by atoms with Crippen LogP contribution in [-0.2, 0) is 0 Å². The zero-order valence-corrected chi connectivity index (χ0v) is 41.4. The van der Waals surface area contributed by atoms with Gasteiger partial charge in [0.1, 0.15) is 0 Å². The molecule has 13 rings (SSSR count). The van der Waals surface area contributed by atoms with Gasteiger partial charge in [-0.3, -0.25) is 0 Å². The molecule has 0 aliphatic heterocycles. The molecule has 0 atom stereocenters. The van der Waals surface area contributed by atoms with Crippen molar-refractivity contribution in [2.45, 2.75) is 0 Å². The average Bonchev–Trinajstić information content (AvgIpc) is 3.86. The van der Waals surface area contributed by atoms with Crippen molar-refractivity contribution in [1.82, 2.24) is 15.4 Å². The molecule has 11 aromatic carbocycles. The molecule has 73 heavy (non-hydrogen) atoms. The first-order chi connectivity index (χ1) is 36.3. The monoisotopic (exact) mass is 995 g/mol. The molecule has 0 bridgehead atoms. The van der Waals surface area contributed by atoms with Crippen LogP contribution < -0.4 is 0 Å². The Morgan fingerprint density at radius 2 is 0.603 bits per heavy atom. The van der Waals surface area contributed by atoms with E-state index in [4.69, 9.17) is 15.4 Å². The third-order valence-corrected chi connectivity index (χ3v) is 16.4. The summed E-state index contributed by atoms with van der Waals surface area (Å²) in [7, 11) is 0. The summed E-state index contributed by atoms with van der Waals surface area (Å²) in [6.45, 7) is 0. The molecule has 3 nitrogen and oxygen atoms in total. The van der Waals surface area contributed by atoms with Crippen LogP contribution in [0.3, 0.4) is 0 Å². The molecule has 0 saturated heterocycles. The summed E-state index contributed by atoms with van der Waals surface area (Å²) in [5.41, 5.74) is 21.1. The normalized spacial score (nSPS) is 11.3. The standard InChI is InChI=1S/C69H45N3Se/c1-6-24-46(25-7-1)51-34-16-19-37-55(51)57-44-45-62-64(60-40-22-23-41-61(60)73-62)66(57)65-54(49-30-12-4-13-31-49)42-43-58(56-38-20-17-35-52(56)47-26-8-2-9-27-47)67(65)69-63(50-32-14-5-15-33-50)68(70-72-71-69)59-39-21-18-36-53(59)48-28-10-3-11-29-48/h1-45H. The van der Waals surface area contributed by atoms with E-state index in [1.807, 2.05) is 0 Å². The third-order valence-electron chi connectivity index (χ3n) is 14.0. The van der Waals surface area contributed by atoms with Gasteiger partial charge in [-0.1, -0.05) is 18.2 Å². The first-order valence-corrected chi connectivity index (χ1v) is 26.4. The average molecular weight is 995 g/mol. The van der Waals surface area contributed by atoms with Crippen LogP contribution in [0.5, 0.6) is 0 Å². The van der Waals surface area contributed by atoms with Gasteiger partial charge in [-0.05, 0) is 0 Å². The van der Waals surface area contributed by atoms with E-state index in [0.29, 0.717) is 0 Å². The van der Waals surface area contributed by atoms with Crippen molar-refractivity contribution in [1.29, 1.82) is 0 Å². The fourth-order valence-electron chi connectivity index (χ4n) is 10.8. The van der Waals surface area contributed by atoms with E-state index < -0.39 is 0 Å². The summed E-state index contributed by atoms with van der Waals surface area (Å²) in [5, 5.41) is 17.9. The Morgan fingerprint density at radius 1 is 0.219 bits per heavy atom. The second kappa shape index (κ2) is 19.3. The minimum atomic E-state index is 0.0722. The van der Waals surface area contributed by atoms with Crippen LogP contribution >= 0.6 is 0 Å². The summed E-state index contributed by atoms with van der Waals surface area (Å²) >= 11 is 0.0722. The van der Waals surface area contributed by atoms with E-state index in [0.717, 1.165) is 100 Å². The first-order valence-electron chi connectivity index (χ1n) is 24.7. The van der Waals surface area contributed by atoms with Crippen molar-refractivity contribution in [2.75, 3.05) is 0 Å². The van der Waals surface area contributed by atoms with Gasteiger partial charge in [-0.25, -0.2) is 0 Å². The number of nitrogens with zero attached hydrogens (tertiary/aromatic N) is 3. The summed E-state index contributed by atoms with van der Waals surface area (Å²) in [6.07, 6.45) is 0. The summed E-state index contributed by atoms with van der Waals surface area (Å²) in [4.78, 5) is 0. The van der Waals surface area contributed by atoms with Crippen molar-refractivity contribution >= 4 is 33.8 Å². The van der Waals surface area contributed by atoms with Crippen LogP contribution in [0.25, 0.3) is 131 Å². The Morgan fingerprint density at radius 3 is 1.15 bits per heavy atom. The van der Waals surface area contributed by atoms with Gasteiger partial charge in [-0.15, -0.1) is 0 Å². The molecule has 0 amide bonds. The van der Waals surface area contributed by atoms with E-state index in [2.05, 4.69) is 273 Å². The van der Waals surface area contributed by atoms with Gasteiger partial charge >= 0.3 is 416 Å². The quantitative estimate of drug-likeness (QED) is 0.128. The SMILES string of the molecule is c1ccc(-c2ccccc2-c2ccc(-c3ccccc3)c(-c3c(-c4ccccc4-c4ccccc4)ccc4[se]c5ccccc5c34)c2-c2nnnc(-c3ccccc3-c3ccccc3)c2-c2ccccc2)cc1. The van der Waals surface area contributed by atoms with Crippen LogP contribution in [0.2, 0.25) is 0 Å². The zero-order chi connectivity index (χ0) is 48.5. The molecular formula is C69H45N3Se. The minimum absolute atomic E-state index is 0.0722. The maximum atomic E-state index is 5.37. The van der Waals surface area contributed by atoms with E-state index in [9.17, 15) is 0 Å². The Labute approximate surface area is 431 Å². The Hall–Kier alpha value is -9.05. The van der Waals surface area contributed by atoms with Gasteiger partial charge in [0.2, 0.25) is 0 Å². The van der Waals surface area contributed by atoms with Gasteiger partial charge in [0, 0.05) is 0 Å². The van der Waals surface area contributed by atoms with Gasteiger partial charge < -0.3 is 0 Å². The van der Waals surface area contributed by atoms with Gasteiger partial charge in [-0.2, -0.15) is 0 Å². The maximum absolute atomic E-state index is 5.37. The Bertz CT molecular complexity index is 4110. The van der Waals surface area contributed by atoms with Crippen molar-refractivity contribution in [2.24, 2.45) is 0 Å². The predicted octanol–water partition coefficient (Wildman–Crippen LogP) is 17.9. The molecule has 0 unspecified atom stereocenters. The van der Waals surface area contributed by atoms with E-state index in [1.165, 1.54) is 30.4 Å². The molecule has 13 aromatic rings. The number of hydrogen-bond donors (Lipinski definition) is 0. The molecule has 342 valence electrons. The summed E-state index contributed by atoms with van der Waals surface area (Å²) in [5.74, 6) is 0.